The number of halogens is 1. The SMILES string of the molecule is COC1C(O)[C@@H](CO)O[C@H]1c1cnc(=O)[nH]c1F. The molecular weight excluding hydrogens is 247 g/mol. The molecular formula is C10H13FN2O5. The number of hydrogen-bond donors (Lipinski definition) is 3. The molecule has 0 aromatic carbocycles. The molecule has 1 saturated heterocycles. The Morgan fingerprint density at radius 3 is 2.94 bits per heavy atom. The summed E-state index contributed by atoms with van der Waals surface area (Å²) in [7, 11) is 1.33. The molecule has 0 saturated carbocycles. The van der Waals surface area contributed by atoms with Gasteiger partial charge in [0, 0.05) is 13.3 Å². The summed E-state index contributed by atoms with van der Waals surface area (Å²) in [6.45, 7) is -0.421. The normalized spacial score (nSPS) is 31.8. The number of aliphatic hydroxyl groups excluding tert-OH is 2. The Morgan fingerprint density at radius 2 is 2.39 bits per heavy atom. The van der Waals surface area contributed by atoms with Gasteiger partial charge < -0.3 is 19.7 Å². The minimum Gasteiger partial charge on any atom is -0.394 e. The van der Waals surface area contributed by atoms with Gasteiger partial charge in [0.15, 0.2) is 0 Å². The lowest BCUT2D eigenvalue weighted by Crippen LogP contribution is -2.34. The summed E-state index contributed by atoms with van der Waals surface area (Å²) in [4.78, 5) is 16.1. The van der Waals surface area contributed by atoms with E-state index >= 15 is 0 Å². The molecule has 0 spiro atoms. The fourth-order valence-corrected chi connectivity index (χ4v) is 1.98. The lowest BCUT2D eigenvalue weighted by Gasteiger charge is -2.18. The minimum atomic E-state index is -1.09. The second-order valence-corrected chi connectivity index (χ2v) is 3.93. The maximum Gasteiger partial charge on any atom is 0.347 e. The fourth-order valence-electron chi connectivity index (χ4n) is 1.98. The molecule has 1 aromatic rings. The first-order valence-corrected chi connectivity index (χ1v) is 5.30. The van der Waals surface area contributed by atoms with Crippen molar-refractivity contribution in [3.05, 3.63) is 28.2 Å². The largest absolute Gasteiger partial charge is 0.394 e. The number of nitrogens with one attached hydrogen (secondary N) is 1. The van der Waals surface area contributed by atoms with Crippen LogP contribution in [-0.2, 0) is 9.47 Å². The van der Waals surface area contributed by atoms with Gasteiger partial charge in [0.05, 0.1) is 12.2 Å². The maximum absolute atomic E-state index is 13.6. The first kappa shape index (κ1) is 13.1. The third-order valence-corrected chi connectivity index (χ3v) is 2.89. The Morgan fingerprint density at radius 1 is 1.67 bits per heavy atom. The fraction of sp³-hybridized carbons (Fsp3) is 0.600. The van der Waals surface area contributed by atoms with Crippen molar-refractivity contribution in [2.45, 2.75) is 24.4 Å². The average Bonchev–Trinajstić information content (AvgIpc) is 2.65. The zero-order valence-electron chi connectivity index (χ0n) is 9.54. The van der Waals surface area contributed by atoms with Gasteiger partial charge in [-0.2, -0.15) is 4.39 Å². The Bertz CT molecular complexity index is 480. The lowest BCUT2D eigenvalue weighted by atomic mass is 10.0. The third-order valence-electron chi connectivity index (χ3n) is 2.89. The van der Waals surface area contributed by atoms with Crippen LogP contribution in [0.1, 0.15) is 11.7 Å². The average molecular weight is 260 g/mol. The molecule has 7 nitrogen and oxygen atoms in total. The van der Waals surface area contributed by atoms with Crippen LogP contribution in [0.2, 0.25) is 0 Å². The number of methoxy groups -OCH3 is 1. The molecule has 0 amide bonds. The third kappa shape index (κ3) is 2.15. The van der Waals surface area contributed by atoms with Crippen LogP contribution < -0.4 is 5.69 Å². The van der Waals surface area contributed by atoms with Gasteiger partial charge in [-0.05, 0) is 0 Å². The van der Waals surface area contributed by atoms with E-state index in [1.54, 1.807) is 0 Å². The highest BCUT2D eigenvalue weighted by Gasteiger charge is 2.45. The summed E-state index contributed by atoms with van der Waals surface area (Å²) >= 11 is 0. The van der Waals surface area contributed by atoms with Crippen molar-refractivity contribution in [1.82, 2.24) is 9.97 Å². The van der Waals surface area contributed by atoms with Gasteiger partial charge in [0.2, 0.25) is 5.95 Å². The Hall–Kier alpha value is -1.35. The Labute approximate surface area is 101 Å². The molecule has 3 N–H and O–H groups in total. The van der Waals surface area contributed by atoms with Crippen molar-refractivity contribution >= 4 is 0 Å². The predicted octanol–water partition coefficient (Wildman–Crippen LogP) is -1.28. The highest BCUT2D eigenvalue weighted by molar-refractivity contribution is 5.15. The van der Waals surface area contributed by atoms with E-state index in [1.807, 2.05) is 4.98 Å². The molecule has 2 unspecified atom stereocenters. The molecule has 0 radical (unpaired) electrons. The van der Waals surface area contributed by atoms with Gasteiger partial charge in [-0.25, -0.2) is 9.78 Å². The van der Waals surface area contributed by atoms with Crippen LogP contribution in [0.25, 0.3) is 0 Å². The number of aliphatic hydroxyl groups is 2. The van der Waals surface area contributed by atoms with Crippen molar-refractivity contribution in [3.63, 3.8) is 0 Å². The van der Waals surface area contributed by atoms with Crippen LogP contribution in [0.3, 0.4) is 0 Å². The van der Waals surface area contributed by atoms with E-state index in [-0.39, 0.29) is 5.56 Å². The molecule has 1 aromatic heterocycles. The number of hydrogen-bond acceptors (Lipinski definition) is 6. The van der Waals surface area contributed by atoms with Crippen LogP contribution in [0.4, 0.5) is 4.39 Å². The second kappa shape index (κ2) is 5.11. The quantitative estimate of drug-likeness (QED) is 0.584. The number of aromatic amines is 1. The molecule has 8 heteroatoms. The summed E-state index contributed by atoms with van der Waals surface area (Å²) in [5.74, 6) is -0.896. The highest BCUT2D eigenvalue weighted by atomic mass is 19.1. The number of aromatic nitrogens is 2. The smallest absolute Gasteiger partial charge is 0.347 e. The molecule has 0 aliphatic carbocycles. The topological polar surface area (TPSA) is 105 Å². The van der Waals surface area contributed by atoms with E-state index in [0.29, 0.717) is 0 Å². The van der Waals surface area contributed by atoms with E-state index in [1.165, 1.54) is 7.11 Å². The molecule has 1 fully saturated rings. The zero-order chi connectivity index (χ0) is 13.3. The first-order valence-electron chi connectivity index (χ1n) is 5.30. The first-order chi connectivity index (χ1) is 8.58. The molecule has 0 bridgehead atoms. The van der Waals surface area contributed by atoms with Gasteiger partial charge in [-0.15, -0.1) is 0 Å². The van der Waals surface area contributed by atoms with Crippen molar-refractivity contribution in [2.24, 2.45) is 0 Å². The number of H-pyrrole nitrogens is 1. The van der Waals surface area contributed by atoms with E-state index < -0.39 is 42.7 Å². The molecule has 4 atom stereocenters. The summed E-state index contributed by atoms with van der Waals surface area (Å²) < 4.78 is 23.9. The number of rotatable bonds is 3. The van der Waals surface area contributed by atoms with Crippen LogP contribution in [0.15, 0.2) is 11.0 Å². The van der Waals surface area contributed by atoms with Crippen molar-refractivity contribution in [1.29, 1.82) is 0 Å². The Kier molecular flexibility index (Phi) is 3.71. The van der Waals surface area contributed by atoms with Crippen molar-refractivity contribution in [3.8, 4) is 0 Å². The molecule has 2 rings (SSSR count). The summed E-state index contributed by atoms with van der Waals surface area (Å²) in [6, 6.07) is 0. The zero-order valence-corrected chi connectivity index (χ0v) is 9.54. The van der Waals surface area contributed by atoms with E-state index in [0.717, 1.165) is 6.20 Å². The van der Waals surface area contributed by atoms with E-state index in [4.69, 9.17) is 14.6 Å². The van der Waals surface area contributed by atoms with Gasteiger partial charge in [-0.3, -0.25) is 4.98 Å². The van der Waals surface area contributed by atoms with Crippen LogP contribution in [0, 0.1) is 5.95 Å². The summed E-state index contributed by atoms with van der Waals surface area (Å²) in [5, 5.41) is 18.8. The summed E-state index contributed by atoms with van der Waals surface area (Å²) in [5.41, 5.74) is -0.848. The standard InChI is InChI=1S/C10H13FN2O5/c1-17-8-6(15)5(3-14)18-7(8)4-2-12-10(16)13-9(4)11/h2,5-8,14-15H,3H2,1H3,(H,12,13,16)/t5-,6?,7+,8?/m1/s1. The van der Waals surface area contributed by atoms with Crippen LogP contribution >= 0.6 is 0 Å². The predicted molar refractivity (Wildman–Crippen MR) is 56.3 cm³/mol. The molecule has 2 heterocycles. The van der Waals surface area contributed by atoms with E-state index in [9.17, 15) is 14.3 Å². The maximum atomic E-state index is 13.6. The van der Waals surface area contributed by atoms with Gasteiger partial charge in [-0.1, -0.05) is 0 Å². The Balaban J connectivity index is 2.34. The monoisotopic (exact) mass is 260 g/mol. The second-order valence-electron chi connectivity index (χ2n) is 3.93. The van der Waals surface area contributed by atoms with Crippen molar-refractivity contribution < 1.29 is 24.1 Å². The number of nitrogens with zero attached hydrogens (tertiary/aromatic N) is 1. The molecule has 1 aliphatic heterocycles. The molecule has 100 valence electrons. The lowest BCUT2D eigenvalue weighted by molar-refractivity contribution is -0.0250. The minimum absolute atomic E-state index is 0.0311. The number of ether oxygens (including phenoxy) is 2. The van der Waals surface area contributed by atoms with Crippen molar-refractivity contribution in [2.75, 3.05) is 13.7 Å². The van der Waals surface area contributed by atoms with Crippen LogP contribution in [-0.4, -0.2) is 52.2 Å². The van der Waals surface area contributed by atoms with Gasteiger partial charge in [0.1, 0.15) is 24.4 Å². The summed E-state index contributed by atoms with van der Waals surface area (Å²) in [6.07, 6.45) is -2.71. The van der Waals surface area contributed by atoms with Gasteiger partial charge in [0.25, 0.3) is 0 Å². The molecule has 1 aliphatic rings. The van der Waals surface area contributed by atoms with E-state index in [2.05, 4.69) is 4.98 Å². The molecule has 18 heavy (non-hydrogen) atoms. The van der Waals surface area contributed by atoms with Crippen LogP contribution in [0.5, 0.6) is 0 Å². The highest BCUT2D eigenvalue weighted by Crippen LogP contribution is 2.35. The van der Waals surface area contributed by atoms with Gasteiger partial charge >= 0.3 is 5.69 Å².